The Morgan fingerprint density at radius 1 is 1.38 bits per heavy atom. The first-order chi connectivity index (χ1) is 7.70. The van der Waals surface area contributed by atoms with Crippen molar-refractivity contribution < 1.29 is 4.42 Å². The third-order valence-electron chi connectivity index (χ3n) is 2.06. The second-order valence-corrected chi connectivity index (χ2v) is 3.11. The van der Waals surface area contributed by atoms with Crippen LogP contribution in [0.1, 0.15) is 0 Å². The third kappa shape index (κ3) is 1.88. The van der Waals surface area contributed by atoms with E-state index < -0.39 is 0 Å². The third-order valence-corrected chi connectivity index (χ3v) is 2.06. The Morgan fingerprint density at radius 2 is 2.19 bits per heavy atom. The normalized spacial score (nSPS) is 10.1. The fraction of sp³-hybridized carbons (Fsp3) is 0.222. The number of rotatable bonds is 3. The molecular formula is C9H12N6O. The molecule has 84 valence electrons. The molecule has 0 amide bonds. The molecule has 0 aliphatic heterocycles. The van der Waals surface area contributed by atoms with E-state index in [0.29, 0.717) is 11.9 Å². The molecule has 0 saturated heterocycles. The molecule has 2 heterocycles. The first kappa shape index (κ1) is 10.2. The van der Waals surface area contributed by atoms with Gasteiger partial charge in [0.05, 0.1) is 12.0 Å². The molecule has 2 aromatic heterocycles. The number of aromatic nitrogens is 3. The summed E-state index contributed by atoms with van der Waals surface area (Å²) in [5.74, 6) is 1.06. The van der Waals surface area contributed by atoms with Crippen molar-refractivity contribution in [3.8, 4) is 0 Å². The maximum absolute atomic E-state index is 5.57. The molecule has 2 aromatic rings. The Bertz CT molecular complexity index is 469. The van der Waals surface area contributed by atoms with E-state index in [1.165, 1.54) is 0 Å². The number of nitrogen functional groups attached to an aromatic ring is 1. The van der Waals surface area contributed by atoms with Gasteiger partial charge in [0.25, 0.3) is 0 Å². The van der Waals surface area contributed by atoms with Crippen molar-refractivity contribution in [3.05, 3.63) is 18.6 Å². The first-order valence-corrected chi connectivity index (χ1v) is 4.66. The second-order valence-electron chi connectivity index (χ2n) is 3.11. The van der Waals surface area contributed by atoms with E-state index in [1.807, 2.05) is 7.05 Å². The van der Waals surface area contributed by atoms with Crippen molar-refractivity contribution in [3.63, 3.8) is 0 Å². The monoisotopic (exact) mass is 220 g/mol. The quantitative estimate of drug-likeness (QED) is 0.792. The van der Waals surface area contributed by atoms with Crippen molar-refractivity contribution >= 4 is 23.5 Å². The zero-order valence-electron chi connectivity index (χ0n) is 9.01. The van der Waals surface area contributed by atoms with Gasteiger partial charge >= 0.3 is 0 Å². The molecule has 3 N–H and O–H groups in total. The number of furan rings is 1. The summed E-state index contributed by atoms with van der Waals surface area (Å²) in [5, 5.41) is 2.82. The van der Waals surface area contributed by atoms with E-state index >= 15 is 0 Å². The fourth-order valence-electron chi connectivity index (χ4n) is 1.21. The van der Waals surface area contributed by atoms with Crippen LogP contribution in [0.15, 0.2) is 23.0 Å². The van der Waals surface area contributed by atoms with Crippen LogP contribution in [0.4, 0.5) is 23.5 Å². The van der Waals surface area contributed by atoms with Gasteiger partial charge in [-0.05, 0) is 0 Å². The van der Waals surface area contributed by atoms with Crippen LogP contribution in [0.2, 0.25) is 0 Å². The molecule has 7 heteroatoms. The molecule has 0 aliphatic rings. The topological polar surface area (TPSA) is 93.1 Å². The van der Waals surface area contributed by atoms with Gasteiger partial charge in [-0.15, -0.1) is 0 Å². The first-order valence-electron chi connectivity index (χ1n) is 4.66. The smallest absolute Gasteiger partial charge is 0.236 e. The van der Waals surface area contributed by atoms with Crippen LogP contribution >= 0.6 is 0 Å². The number of anilines is 4. The van der Waals surface area contributed by atoms with E-state index in [9.17, 15) is 0 Å². The average Bonchev–Trinajstić information content (AvgIpc) is 2.80. The molecule has 7 nitrogen and oxygen atoms in total. The molecule has 0 saturated carbocycles. The summed E-state index contributed by atoms with van der Waals surface area (Å²) < 4.78 is 4.98. The fourth-order valence-corrected chi connectivity index (χ4v) is 1.21. The Kier molecular flexibility index (Phi) is 2.59. The number of nitrogens with zero attached hydrogens (tertiary/aromatic N) is 4. The van der Waals surface area contributed by atoms with Gasteiger partial charge in [-0.3, -0.25) is 0 Å². The maximum atomic E-state index is 5.57. The standard InChI is InChI=1S/C9H12N6O/c1-11-8-12-7(10)13-9(14-8)15(2)6-3-4-16-5-6/h3-5H,1-2H3,(H3,10,11,12,13,14). The van der Waals surface area contributed by atoms with E-state index in [-0.39, 0.29) is 5.95 Å². The Labute approximate surface area is 92.3 Å². The van der Waals surface area contributed by atoms with Crippen LogP contribution in [-0.2, 0) is 0 Å². The lowest BCUT2D eigenvalue weighted by atomic mass is 10.5. The predicted octanol–water partition coefficient (Wildman–Crippen LogP) is 0.856. The van der Waals surface area contributed by atoms with Crippen molar-refractivity contribution in [2.45, 2.75) is 0 Å². The predicted molar refractivity (Wildman–Crippen MR) is 60.6 cm³/mol. The molecule has 0 radical (unpaired) electrons. The molecular weight excluding hydrogens is 208 g/mol. The minimum absolute atomic E-state index is 0.171. The summed E-state index contributed by atoms with van der Waals surface area (Å²) in [4.78, 5) is 13.9. The van der Waals surface area contributed by atoms with Crippen LogP contribution < -0.4 is 16.0 Å². The molecule has 16 heavy (non-hydrogen) atoms. The molecule has 0 spiro atoms. The molecule has 2 rings (SSSR count). The van der Waals surface area contributed by atoms with Crippen molar-refractivity contribution in [2.24, 2.45) is 0 Å². The van der Waals surface area contributed by atoms with Gasteiger partial charge in [0, 0.05) is 20.2 Å². The number of hydrogen-bond acceptors (Lipinski definition) is 7. The number of nitrogens with one attached hydrogen (secondary N) is 1. The summed E-state index contributed by atoms with van der Waals surface area (Å²) in [5.41, 5.74) is 6.41. The van der Waals surface area contributed by atoms with E-state index in [2.05, 4.69) is 20.3 Å². The van der Waals surface area contributed by atoms with Crippen molar-refractivity contribution in [1.82, 2.24) is 15.0 Å². The van der Waals surface area contributed by atoms with Gasteiger partial charge < -0.3 is 20.4 Å². The molecule has 0 unspecified atom stereocenters. The Hall–Kier alpha value is -2.31. The summed E-state index contributed by atoms with van der Waals surface area (Å²) in [7, 11) is 3.54. The van der Waals surface area contributed by atoms with Gasteiger partial charge in [-0.2, -0.15) is 15.0 Å². The summed E-state index contributed by atoms with van der Waals surface area (Å²) >= 11 is 0. The SMILES string of the molecule is CNc1nc(N)nc(N(C)c2ccoc2)n1. The van der Waals surface area contributed by atoms with E-state index in [0.717, 1.165) is 5.69 Å². The minimum Gasteiger partial charge on any atom is -0.470 e. The zero-order chi connectivity index (χ0) is 11.5. The van der Waals surface area contributed by atoms with Crippen LogP contribution in [0.3, 0.4) is 0 Å². The highest BCUT2D eigenvalue weighted by Crippen LogP contribution is 2.21. The Balaban J connectivity index is 2.36. The molecule has 0 fully saturated rings. The van der Waals surface area contributed by atoms with E-state index in [4.69, 9.17) is 10.2 Å². The Morgan fingerprint density at radius 3 is 2.81 bits per heavy atom. The van der Waals surface area contributed by atoms with E-state index in [1.54, 1.807) is 30.5 Å². The zero-order valence-corrected chi connectivity index (χ0v) is 9.01. The van der Waals surface area contributed by atoms with Crippen molar-refractivity contribution in [1.29, 1.82) is 0 Å². The lowest BCUT2D eigenvalue weighted by Gasteiger charge is -2.15. The van der Waals surface area contributed by atoms with Crippen LogP contribution in [0.25, 0.3) is 0 Å². The van der Waals surface area contributed by atoms with Gasteiger partial charge in [-0.1, -0.05) is 0 Å². The van der Waals surface area contributed by atoms with Gasteiger partial charge in [0.2, 0.25) is 17.8 Å². The van der Waals surface area contributed by atoms with Crippen molar-refractivity contribution in [2.75, 3.05) is 30.0 Å². The van der Waals surface area contributed by atoms with Crippen LogP contribution in [-0.4, -0.2) is 29.0 Å². The highest BCUT2D eigenvalue weighted by atomic mass is 16.3. The number of nitrogens with two attached hydrogens (primary N) is 1. The highest BCUT2D eigenvalue weighted by molar-refractivity contribution is 5.56. The largest absolute Gasteiger partial charge is 0.470 e. The summed E-state index contributed by atoms with van der Waals surface area (Å²) in [6.45, 7) is 0. The second kappa shape index (κ2) is 4.05. The van der Waals surface area contributed by atoms with Gasteiger partial charge in [-0.25, -0.2) is 0 Å². The molecule has 0 atom stereocenters. The number of hydrogen-bond donors (Lipinski definition) is 2. The summed E-state index contributed by atoms with van der Waals surface area (Å²) in [6, 6.07) is 1.80. The van der Waals surface area contributed by atoms with Crippen LogP contribution in [0.5, 0.6) is 0 Å². The summed E-state index contributed by atoms with van der Waals surface area (Å²) in [6.07, 6.45) is 3.17. The minimum atomic E-state index is 0.171. The lowest BCUT2D eigenvalue weighted by Crippen LogP contribution is -2.15. The molecule has 0 aliphatic carbocycles. The maximum Gasteiger partial charge on any atom is 0.236 e. The average molecular weight is 220 g/mol. The lowest BCUT2D eigenvalue weighted by molar-refractivity contribution is 0.567. The van der Waals surface area contributed by atoms with Gasteiger partial charge in [0.1, 0.15) is 6.26 Å². The van der Waals surface area contributed by atoms with Gasteiger partial charge in [0.15, 0.2) is 0 Å². The highest BCUT2D eigenvalue weighted by Gasteiger charge is 2.10. The molecule has 0 aromatic carbocycles. The molecule has 0 bridgehead atoms. The van der Waals surface area contributed by atoms with Crippen LogP contribution in [0, 0.1) is 0 Å².